The number of piperidine rings is 1. The van der Waals surface area contributed by atoms with E-state index in [9.17, 15) is 14.7 Å². The summed E-state index contributed by atoms with van der Waals surface area (Å²) >= 11 is 0. The number of aromatic amines is 1. The Hall–Kier alpha value is -2.50. The molecule has 122 valence electrons. The predicted octanol–water partition coefficient (Wildman–Crippen LogP) is 2.18. The lowest BCUT2D eigenvalue weighted by atomic mass is 10.0. The molecule has 23 heavy (non-hydrogen) atoms. The van der Waals surface area contributed by atoms with Gasteiger partial charge in [0.15, 0.2) is 0 Å². The highest BCUT2D eigenvalue weighted by Crippen LogP contribution is 2.25. The first kappa shape index (κ1) is 15.4. The van der Waals surface area contributed by atoms with Gasteiger partial charge in [-0.25, -0.2) is 4.79 Å². The second-order valence-electron chi connectivity index (χ2n) is 5.84. The maximum Gasteiger partial charge on any atom is 0.326 e. The second-order valence-corrected chi connectivity index (χ2v) is 5.84. The van der Waals surface area contributed by atoms with Crippen molar-refractivity contribution in [1.29, 1.82) is 0 Å². The third kappa shape index (κ3) is 3.02. The molecule has 0 spiro atoms. The topological polar surface area (TPSA) is 82.6 Å². The predicted molar refractivity (Wildman–Crippen MR) is 85.5 cm³/mol. The summed E-state index contributed by atoms with van der Waals surface area (Å²) in [7, 11) is 1.60. The molecule has 2 heterocycles. The van der Waals surface area contributed by atoms with E-state index >= 15 is 0 Å². The van der Waals surface area contributed by atoms with Crippen molar-refractivity contribution >= 4 is 22.8 Å². The normalized spacial score (nSPS) is 18.1. The van der Waals surface area contributed by atoms with Crippen molar-refractivity contribution in [1.82, 2.24) is 9.88 Å². The number of hydrogen-bond acceptors (Lipinski definition) is 3. The molecule has 1 aromatic carbocycles. The molecular formula is C17H20N2O4. The van der Waals surface area contributed by atoms with Gasteiger partial charge in [-0.05, 0) is 43.0 Å². The number of amides is 1. The van der Waals surface area contributed by atoms with Gasteiger partial charge in [-0.15, -0.1) is 0 Å². The number of nitrogens with one attached hydrogen (secondary N) is 1. The lowest BCUT2D eigenvalue weighted by Gasteiger charge is -2.33. The number of benzene rings is 1. The van der Waals surface area contributed by atoms with Crippen LogP contribution in [0.15, 0.2) is 24.4 Å². The molecule has 1 aromatic heterocycles. The maximum absolute atomic E-state index is 12.6. The Morgan fingerprint density at radius 2 is 2.22 bits per heavy atom. The number of aliphatic carboxylic acids is 1. The molecule has 1 aliphatic heterocycles. The van der Waals surface area contributed by atoms with Crippen LogP contribution in [0.1, 0.15) is 24.8 Å². The van der Waals surface area contributed by atoms with Crippen LogP contribution in [-0.2, 0) is 16.0 Å². The largest absolute Gasteiger partial charge is 0.497 e. The minimum atomic E-state index is -0.918. The molecule has 1 unspecified atom stereocenters. The van der Waals surface area contributed by atoms with Crippen LogP contribution in [0.5, 0.6) is 5.75 Å². The molecule has 1 saturated heterocycles. The van der Waals surface area contributed by atoms with Crippen molar-refractivity contribution in [3.8, 4) is 5.75 Å². The Bertz CT molecular complexity index is 737. The number of aromatic nitrogens is 1. The van der Waals surface area contributed by atoms with E-state index in [0.717, 1.165) is 35.1 Å². The average Bonchev–Trinajstić information content (AvgIpc) is 2.96. The monoisotopic (exact) mass is 316 g/mol. The number of likely N-dealkylation sites (tertiary alicyclic amines) is 1. The number of methoxy groups -OCH3 is 1. The number of nitrogens with zero attached hydrogens (tertiary/aromatic N) is 1. The fourth-order valence-electron chi connectivity index (χ4n) is 3.18. The van der Waals surface area contributed by atoms with Crippen LogP contribution in [0.3, 0.4) is 0 Å². The Morgan fingerprint density at radius 1 is 1.39 bits per heavy atom. The summed E-state index contributed by atoms with van der Waals surface area (Å²) in [6, 6.07) is 4.95. The number of hydrogen-bond donors (Lipinski definition) is 2. The second kappa shape index (κ2) is 6.32. The minimum Gasteiger partial charge on any atom is -0.497 e. The third-order valence-corrected chi connectivity index (χ3v) is 4.42. The molecule has 0 radical (unpaired) electrons. The minimum absolute atomic E-state index is 0.138. The Kier molecular flexibility index (Phi) is 4.23. The lowest BCUT2D eigenvalue weighted by Crippen LogP contribution is -2.48. The summed E-state index contributed by atoms with van der Waals surface area (Å²) in [5, 5.41) is 10.2. The lowest BCUT2D eigenvalue weighted by molar-refractivity contribution is -0.151. The summed E-state index contributed by atoms with van der Waals surface area (Å²) < 4.78 is 5.23. The zero-order chi connectivity index (χ0) is 16.4. The molecule has 0 saturated carbocycles. The molecule has 2 N–H and O–H groups in total. The molecule has 2 aromatic rings. The van der Waals surface area contributed by atoms with Gasteiger partial charge in [0, 0.05) is 23.6 Å². The van der Waals surface area contributed by atoms with Crippen molar-refractivity contribution in [3.63, 3.8) is 0 Å². The van der Waals surface area contributed by atoms with Gasteiger partial charge in [0.2, 0.25) is 5.91 Å². The van der Waals surface area contributed by atoms with E-state index in [-0.39, 0.29) is 12.3 Å². The molecule has 0 aliphatic carbocycles. The van der Waals surface area contributed by atoms with E-state index in [2.05, 4.69) is 4.98 Å². The molecular weight excluding hydrogens is 296 g/mol. The van der Waals surface area contributed by atoms with Crippen LogP contribution in [0, 0.1) is 0 Å². The van der Waals surface area contributed by atoms with Crippen LogP contribution in [-0.4, -0.2) is 46.6 Å². The smallest absolute Gasteiger partial charge is 0.326 e. The fourth-order valence-corrected chi connectivity index (χ4v) is 3.18. The van der Waals surface area contributed by atoms with E-state index in [0.29, 0.717) is 13.0 Å². The number of rotatable bonds is 4. The molecule has 1 fully saturated rings. The Balaban J connectivity index is 1.83. The van der Waals surface area contributed by atoms with Crippen molar-refractivity contribution < 1.29 is 19.4 Å². The van der Waals surface area contributed by atoms with Crippen molar-refractivity contribution in [3.05, 3.63) is 30.0 Å². The van der Waals surface area contributed by atoms with Crippen molar-refractivity contribution in [2.45, 2.75) is 31.7 Å². The van der Waals surface area contributed by atoms with Gasteiger partial charge in [0.05, 0.1) is 13.5 Å². The van der Waals surface area contributed by atoms with Crippen LogP contribution in [0.25, 0.3) is 10.9 Å². The number of fused-ring (bicyclic) bond motifs is 1. The van der Waals surface area contributed by atoms with E-state index in [4.69, 9.17) is 4.74 Å². The maximum atomic E-state index is 12.6. The summed E-state index contributed by atoms with van der Waals surface area (Å²) in [5.74, 6) is -0.327. The molecule has 6 heteroatoms. The number of ether oxygens (including phenoxy) is 1. The van der Waals surface area contributed by atoms with Gasteiger partial charge in [-0.3, -0.25) is 4.79 Å². The Morgan fingerprint density at radius 3 is 2.96 bits per heavy atom. The van der Waals surface area contributed by atoms with Crippen molar-refractivity contribution in [2.24, 2.45) is 0 Å². The van der Waals surface area contributed by atoms with Crippen LogP contribution < -0.4 is 4.74 Å². The standard InChI is InChI=1S/C17H20N2O4/c1-23-12-5-6-14-13(9-12)11(10-18-14)8-16(20)19-7-3-2-4-15(19)17(21)22/h5-6,9-10,15,18H,2-4,7-8H2,1H3,(H,21,22). The highest BCUT2D eigenvalue weighted by atomic mass is 16.5. The fraction of sp³-hybridized carbons (Fsp3) is 0.412. The summed E-state index contributed by atoms with van der Waals surface area (Å²) in [4.78, 5) is 28.6. The number of carbonyl (C=O) groups is 2. The van der Waals surface area contributed by atoms with E-state index < -0.39 is 12.0 Å². The molecule has 1 aliphatic rings. The quantitative estimate of drug-likeness (QED) is 0.906. The number of carboxylic acids is 1. The highest BCUT2D eigenvalue weighted by Gasteiger charge is 2.31. The molecule has 1 amide bonds. The molecule has 6 nitrogen and oxygen atoms in total. The first-order valence-electron chi connectivity index (χ1n) is 7.76. The summed E-state index contributed by atoms with van der Waals surface area (Å²) in [6.07, 6.45) is 4.24. The van der Waals surface area contributed by atoms with E-state index in [1.165, 1.54) is 4.90 Å². The highest BCUT2D eigenvalue weighted by molar-refractivity contribution is 5.91. The van der Waals surface area contributed by atoms with Gasteiger partial charge in [0.25, 0.3) is 0 Å². The van der Waals surface area contributed by atoms with Gasteiger partial charge in [-0.2, -0.15) is 0 Å². The van der Waals surface area contributed by atoms with E-state index in [1.807, 2.05) is 24.4 Å². The molecule has 0 bridgehead atoms. The Labute approximate surface area is 134 Å². The zero-order valence-electron chi connectivity index (χ0n) is 13.0. The van der Waals surface area contributed by atoms with Crippen LogP contribution >= 0.6 is 0 Å². The van der Waals surface area contributed by atoms with Crippen LogP contribution in [0.4, 0.5) is 0 Å². The van der Waals surface area contributed by atoms with Gasteiger partial charge >= 0.3 is 5.97 Å². The number of carbonyl (C=O) groups excluding carboxylic acids is 1. The number of H-pyrrole nitrogens is 1. The van der Waals surface area contributed by atoms with Crippen LogP contribution in [0.2, 0.25) is 0 Å². The van der Waals surface area contributed by atoms with Gasteiger partial charge < -0.3 is 19.7 Å². The SMILES string of the molecule is COc1ccc2[nH]cc(CC(=O)N3CCCCC3C(=O)O)c2c1. The third-order valence-electron chi connectivity index (χ3n) is 4.42. The van der Waals surface area contributed by atoms with Crippen molar-refractivity contribution in [2.75, 3.05) is 13.7 Å². The van der Waals surface area contributed by atoms with Gasteiger partial charge in [0.1, 0.15) is 11.8 Å². The summed E-state index contributed by atoms with van der Waals surface area (Å²) in [6.45, 7) is 0.515. The molecule has 3 rings (SSSR count). The summed E-state index contributed by atoms with van der Waals surface area (Å²) in [5.41, 5.74) is 1.79. The molecule has 1 atom stereocenters. The zero-order valence-corrected chi connectivity index (χ0v) is 13.0. The first-order chi connectivity index (χ1) is 11.1. The number of carboxylic acid groups (broad SMARTS) is 1. The van der Waals surface area contributed by atoms with Gasteiger partial charge in [-0.1, -0.05) is 0 Å². The first-order valence-corrected chi connectivity index (χ1v) is 7.76. The van der Waals surface area contributed by atoms with E-state index in [1.54, 1.807) is 7.11 Å². The average molecular weight is 316 g/mol.